The molecule has 1 aromatic carbocycles. The van der Waals surface area contributed by atoms with Crippen LogP contribution in [-0.2, 0) is 6.54 Å². The molecule has 3 N–H and O–H groups in total. The monoisotopic (exact) mass is 237 g/mol. The van der Waals surface area contributed by atoms with Crippen molar-refractivity contribution >= 4 is 10.8 Å². The smallest absolute Gasteiger partial charge is 0.255 e. The number of halogens is 1. The lowest BCUT2D eigenvalue weighted by Gasteiger charge is -2.03. The molecule has 0 unspecified atom stereocenters. The minimum absolute atomic E-state index is 0.207. The maximum Gasteiger partial charge on any atom is 0.255 e. The van der Waals surface area contributed by atoms with E-state index in [0.29, 0.717) is 5.69 Å². The molecule has 0 saturated heterocycles. The van der Waals surface area contributed by atoms with Gasteiger partial charge in [0, 0.05) is 15.7 Å². The van der Waals surface area contributed by atoms with Crippen LogP contribution < -0.4 is 10.5 Å². The first-order valence-corrected chi connectivity index (χ1v) is 5.66. The van der Waals surface area contributed by atoms with Gasteiger partial charge >= 0.3 is 0 Å². The lowest BCUT2D eigenvalue weighted by molar-refractivity contribution is -0.908. The summed E-state index contributed by atoms with van der Waals surface area (Å²) < 4.78 is 14.0. The Morgan fingerprint density at radius 3 is 2.53 bits per heavy atom. The summed E-state index contributed by atoms with van der Waals surface area (Å²) in [7, 11) is 0. The Kier molecular flexibility index (Phi) is 4.40. The van der Waals surface area contributed by atoms with Gasteiger partial charge in [-0.3, -0.25) is 5.21 Å². The molecule has 0 amide bonds. The van der Waals surface area contributed by atoms with Gasteiger partial charge < -0.3 is 5.73 Å². The molecule has 1 heterocycles. The summed E-state index contributed by atoms with van der Waals surface area (Å²) in [5.41, 5.74) is 6.92. The highest BCUT2D eigenvalue weighted by molar-refractivity contribution is 5.86. The van der Waals surface area contributed by atoms with Gasteiger partial charge in [0.15, 0.2) is 0 Å². The molecule has 92 valence electrons. The van der Waals surface area contributed by atoms with Gasteiger partial charge in [-0.15, -0.1) is 0 Å². The van der Waals surface area contributed by atoms with Gasteiger partial charge in [0.25, 0.3) is 5.69 Å². The van der Waals surface area contributed by atoms with Crippen molar-refractivity contribution in [2.75, 3.05) is 0 Å². The van der Waals surface area contributed by atoms with Crippen LogP contribution in [0.15, 0.2) is 24.4 Å². The van der Waals surface area contributed by atoms with Crippen molar-refractivity contribution in [1.29, 1.82) is 0 Å². The number of benzene rings is 1. The van der Waals surface area contributed by atoms with E-state index in [1.165, 1.54) is 18.3 Å². The van der Waals surface area contributed by atoms with Crippen LogP contribution in [0, 0.1) is 12.7 Å². The standard InChI is InChI=1S/C11H12FN2O.C2H6/c1-7-6-14(15)11(5-13)9-3-2-8(12)4-10(7)9;1-2/h2-4,6,15H,5,13H2,1H3;1-2H3/q+1;. The summed E-state index contributed by atoms with van der Waals surface area (Å²) in [6, 6.07) is 4.44. The number of aryl methyl sites for hydroxylation is 1. The highest BCUT2D eigenvalue weighted by Gasteiger charge is 2.16. The van der Waals surface area contributed by atoms with Gasteiger partial charge in [0.2, 0.25) is 6.20 Å². The Morgan fingerprint density at radius 2 is 1.94 bits per heavy atom. The van der Waals surface area contributed by atoms with Crippen molar-refractivity contribution in [3.8, 4) is 0 Å². The molecule has 0 fully saturated rings. The van der Waals surface area contributed by atoms with E-state index in [9.17, 15) is 9.60 Å². The number of nitrogens with two attached hydrogens (primary N) is 1. The molecule has 1 aromatic heterocycles. The van der Waals surface area contributed by atoms with E-state index in [-0.39, 0.29) is 12.4 Å². The molecule has 0 atom stereocenters. The Morgan fingerprint density at radius 1 is 1.29 bits per heavy atom. The van der Waals surface area contributed by atoms with E-state index in [1.54, 1.807) is 6.07 Å². The number of fused-ring (bicyclic) bond motifs is 1. The Labute approximate surface area is 100 Å². The SMILES string of the molecule is CC.Cc1c[n+](O)c(CN)c2ccc(F)cc12. The first-order chi connectivity index (χ1) is 8.13. The fourth-order valence-corrected chi connectivity index (χ4v) is 1.75. The lowest BCUT2D eigenvalue weighted by atomic mass is 10.1. The van der Waals surface area contributed by atoms with Crippen LogP contribution in [0.1, 0.15) is 25.1 Å². The third kappa shape index (κ3) is 2.53. The summed E-state index contributed by atoms with van der Waals surface area (Å²) in [6.07, 6.45) is 1.53. The molecule has 0 aliphatic heterocycles. The van der Waals surface area contributed by atoms with Crippen LogP contribution in [0.3, 0.4) is 0 Å². The summed E-state index contributed by atoms with van der Waals surface area (Å²) in [4.78, 5) is 0. The van der Waals surface area contributed by atoms with Crippen molar-refractivity contribution in [2.24, 2.45) is 5.73 Å². The number of aromatic nitrogens is 1. The predicted molar refractivity (Wildman–Crippen MR) is 65.3 cm³/mol. The number of hydrogen-bond donors (Lipinski definition) is 2. The Bertz CT molecular complexity index is 526. The van der Waals surface area contributed by atoms with Crippen LogP contribution >= 0.6 is 0 Å². The van der Waals surface area contributed by atoms with Gasteiger partial charge in [0.1, 0.15) is 5.82 Å². The molecule has 0 spiro atoms. The summed E-state index contributed by atoms with van der Waals surface area (Å²) in [5.74, 6) is -0.288. The molecule has 17 heavy (non-hydrogen) atoms. The minimum atomic E-state index is -0.288. The van der Waals surface area contributed by atoms with Crippen LogP contribution in [0.2, 0.25) is 0 Å². The highest BCUT2D eigenvalue weighted by atomic mass is 19.1. The van der Waals surface area contributed by atoms with Gasteiger partial charge in [-0.25, -0.2) is 4.39 Å². The number of nitrogens with zero attached hydrogens (tertiary/aromatic N) is 1. The normalized spacial score (nSPS) is 9.94. The molecule has 0 saturated carbocycles. The Balaban J connectivity index is 0.000000686. The average Bonchev–Trinajstić information content (AvgIpc) is 2.33. The van der Waals surface area contributed by atoms with Crippen molar-refractivity contribution in [3.05, 3.63) is 41.5 Å². The molecular weight excluding hydrogens is 219 g/mol. The maximum atomic E-state index is 13.1. The van der Waals surface area contributed by atoms with E-state index >= 15 is 0 Å². The first-order valence-electron chi connectivity index (χ1n) is 5.66. The van der Waals surface area contributed by atoms with Crippen molar-refractivity contribution < 1.29 is 14.3 Å². The minimum Gasteiger partial charge on any atom is -0.321 e. The van der Waals surface area contributed by atoms with Crippen LogP contribution in [0.25, 0.3) is 10.8 Å². The van der Waals surface area contributed by atoms with Gasteiger partial charge in [-0.05, 0) is 25.1 Å². The third-order valence-electron chi connectivity index (χ3n) is 2.50. The zero-order chi connectivity index (χ0) is 13.0. The largest absolute Gasteiger partial charge is 0.321 e. The molecule has 3 nitrogen and oxygen atoms in total. The molecular formula is C13H18FN2O+. The van der Waals surface area contributed by atoms with Gasteiger partial charge in [-0.2, -0.15) is 0 Å². The number of pyridine rings is 1. The van der Waals surface area contributed by atoms with Gasteiger partial charge in [-0.1, -0.05) is 13.8 Å². The van der Waals surface area contributed by atoms with Crippen LogP contribution in [0.5, 0.6) is 0 Å². The summed E-state index contributed by atoms with van der Waals surface area (Å²) in [5, 5.41) is 11.2. The van der Waals surface area contributed by atoms with Crippen LogP contribution in [0.4, 0.5) is 4.39 Å². The fourth-order valence-electron chi connectivity index (χ4n) is 1.75. The van der Waals surface area contributed by atoms with E-state index in [4.69, 9.17) is 5.73 Å². The van der Waals surface area contributed by atoms with Crippen molar-refractivity contribution in [2.45, 2.75) is 27.3 Å². The molecule has 0 radical (unpaired) electrons. The van der Waals surface area contributed by atoms with Crippen molar-refractivity contribution in [1.82, 2.24) is 0 Å². The predicted octanol–water partition coefficient (Wildman–Crippen LogP) is 2.30. The first kappa shape index (κ1) is 13.4. The zero-order valence-electron chi connectivity index (χ0n) is 10.4. The second kappa shape index (κ2) is 5.59. The molecule has 2 aromatic rings. The second-order valence-electron chi connectivity index (χ2n) is 3.50. The van der Waals surface area contributed by atoms with E-state index in [2.05, 4.69) is 0 Å². The van der Waals surface area contributed by atoms with E-state index < -0.39 is 0 Å². The number of rotatable bonds is 1. The maximum absolute atomic E-state index is 13.1. The second-order valence-corrected chi connectivity index (χ2v) is 3.50. The zero-order valence-corrected chi connectivity index (χ0v) is 10.4. The summed E-state index contributed by atoms with van der Waals surface area (Å²) in [6.45, 7) is 6.02. The highest BCUT2D eigenvalue weighted by Crippen LogP contribution is 2.20. The number of hydrogen-bond acceptors (Lipinski definition) is 2. The third-order valence-corrected chi connectivity index (χ3v) is 2.50. The molecule has 0 aliphatic rings. The van der Waals surface area contributed by atoms with Crippen molar-refractivity contribution in [3.63, 3.8) is 0 Å². The summed E-state index contributed by atoms with van der Waals surface area (Å²) >= 11 is 0. The fraction of sp³-hybridized carbons (Fsp3) is 0.308. The van der Waals surface area contributed by atoms with Crippen LogP contribution in [-0.4, -0.2) is 5.21 Å². The lowest BCUT2D eigenvalue weighted by Crippen LogP contribution is -2.37. The van der Waals surface area contributed by atoms with E-state index in [0.717, 1.165) is 21.1 Å². The quantitative estimate of drug-likeness (QED) is 0.590. The Hall–Kier alpha value is -1.68. The molecule has 4 heteroatoms. The van der Waals surface area contributed by atoms with Gasteiger partial charge in [0.05, 0.1) is 11.9 Å². The molecule has 0 bridgehead atoms. The van der Waals surface area contributed by atoms with E-state index in [1.807, 2.05) is 20.8 Å². The molecule has 0 aliphatic carbocycles. The topological polar surface area (TPSA) is 50.1 Å². The molecule has 2 rings (SSSR count). The average molecular weight is 237 g/mol.